The Labute approximate surface area is 195 Å². The van der Waals surface area contributed by atoms with Gasteiger partial charge in [-0.3, -0.25) is 0 Å². The van der Waals surface area contributed by atoms with E-state index < -0.39 is 21.8 Å². The Morgan fingerprint density at radius 1 is 0.970 bits per heavy atom. The number of benzene rings is 2. The molecule has 10 heteroatoms. The van der Waals surface area contributed by atoms with Crippen molar-refractivity contribution in [2.24, 2.45) is 0 Å². The van der Waals surface area contributed by atoms with E-state index in [4.69, 9.17) is 24.1 Å². The van der Waals surface area contributed by atoms with Gasteiger partial charge in [-0.1, -0.05) is 18.7 Å². The van der Waals surface area contributed by atoms with E-state index >= 15 is 0 Å². The topological polar surface area (TPSA) is 120 Å². The minimum Gasteiger partial charge on any atom is -0.496 e. The molecule has 0 spiro atoms. The van der Waals surface area contributed by atoms with Crippen LogP contribution in [0.15, 0.2) is 36.9 Å². The van der Waals surface area contributed by atoms with Crippen molar-refractivity contribution in [2.45, 2.75) is 19.4 Å². The van der Waals surface area contributed by atoms with E-state index in [-0.39, 0.29) is 0 Å². The molecule has 180 valence electrons. The number of nitrogens with one attached hydrogen (secondary N) is 1. The Morgan fingerprint density at radius 3 is 1.91 bits per heavy atom. The third-order valence-corrected chi connectivity index (χ3v) is 4.86. The van der Waals surface area contributed by atoms with E-state index in [1.54, 1.807) is 51.7 Å². The van der Waals surface area contributed by atoms with E-state index in [9.17, 15) is 13.2 Å². The molecule has 0 aliphatic rings. The van der Waals surface area contributed by atoms with Gasteiger partial charge in [0, 0.05) is 12.1 Å². The van der Waals surface area contributed by atoms with Crippen LogP contribution in [0.25, 0.3) is 6.08 Å². The lowest BCUT2D eigenvalue weighted by Crippen LogP contribution is -2.40. The van der Waals surface area contributed by atoms with Crippen LogP contribution in [0.1, 0.15) is 25.0 Å². The third-order valence-electron chi connectivity index (χ3n) is 4.39. The zero-order valence-electron chi connectivity index (χ0n) is 19.5. The van der Waals surface area contributed by atoms with Crippen molar-refractivity contribution in [3.05, 3.63) is 48.0 Å². The maximum atomic E-state index is 11.1. The van der Waals surface area contributed by atoms with Crippen molar-refractivity contribution in [1.29, 1.82) is 0 Å². The smallest absolute Gasteiger partial charge is 0.328 e. The summed E-state index contributed by atoms with van der Waals surface area (Å²) in [7, 11) is 3.92. The fraction of sp³-hybridized carbons (Fsp3) is 0.304. The molecule has 2 N–H and O–H groups in total. The maximum Gasteiger partial charge on any atom is 0.328 e. The molecule has 0 aliphatic carbocycles. The van der Waals surface area contributed by atoms with Crippen molar-refractivity contribution in [3.8, 4) is 23.0 Å². The zero-order chi connectivity index (χ0) is 25.2. The molecule has 0 saturated carbocycles. The first-order valence-corrected chi connectivity index (χ1v) is 10.7. The first kappa shape index (κ1) is 27.4. The molecule has 0 amide bonds. The monoisotopic (exact) mass is 479 g/mol. The highest BCUT2D eigenvalue weighted by molar-refractivity contribution is 7.71. The van der Waals surface area contributed by atoms with Gasteiger partial charge in [0.25, 0.3) is 0 Å². The van der Waals surface area contributed by atoms with Crippen molar-refractivity contribution in [2.75, 3.05) is 33.8 Å². The number of ether oxygens (including phenoxy) is 4. The molecule has 0 fully saturated rings. The summed E-state index contributed by atoms with van der Waals surface area (Å²) in [5.41, 5.74) is 0.463. The van der Waals surface area contributed by atoms with E-state index in [1.807, 2.05) is 0 Å². The molecular formula is C23H29NO8S. The molecule has 0 heterocycles. The van der Waals surface area contributed by atoms with Crippen LogP contribution in [-0.2, 0) is 15.1 Å². The summed E-state index contributed by atoms with van der Waals surface area (Å²) in [6.45, 7) is 6.70. The van der Waals surface area contributed by atoms with Crippen LogP contribution >= 0.6 is 0 Å². The summed E-state index contributed by atoms with van der Waals surface area (Å²) in [6, 6.07) is 8.23. The molecule has 0 aromatic heterocycles. The van der Waals surface area contributed by atoms with Gasteiger partial charge < -0.3 is 29.4 Å². The number of carboxylic acids is 1. The van der Waals surface area contributed by atoms with Crippen LogP contribution in [0, 0.1) is 0 Å². The van der Waals surface area contributed by atoms with Crippen LogP contribution in [0.5, 0.6) is 23.0 Å². The summed E-state index contributed by atoms with van der Waals surface area (Å²) in [5.74, 6) is 1.48. The minimum absolute atomic E-state index is 0.411. The van der Waals surface area contributed by atoms with Crippen molar-refractivity contribution in [3.63, 3.8) is 0 Å². The summed E-state index contributed by atoms with van der Waals surface area (Å²) in [6.07, 6.45) is 1.69. The lowest BCUT2D eigenvalue weighted by atomic mass is 10.0. The molecule has 0 unspecified atom stereocenters. The number of hydrogen-bond donors (Lipinski definition) is 2. The molecule has 0 bridgehead atoms. The number of carbonyl (C=O) groups is 1. The lowest BCUT2D eigenvalue weighted by Gasteiger charge is -2.24. The predicted octanol–water partition coefficient (Wildman–Crippen LogP) is 3.36. The minimum atomic E-state index is -2.33. The van der Waals surface area contributed by atoms with E-state index in [2.05, 4.69) is 11.9 Å². The Kier molecular flexibility index (Phi) is 10.3. The van der Waals surface area contributed by atoms with E-state index in [0.29, 0.717) is 34.2 Å². The standard InChI is InChI=1S/C12H15NO5S.C11H14O3/c1-12(2,11(14)15)13-9-6-8(7-19(16)17)4-5-10(9)18-3;1-5-9-10(13-3)6-8(12-2)7-11(9)14-4/h4-7,13H,1-3H3,(H,14,15);5-7H,1H2,2-4H3. The number of rotatable bonds is 9. The average Bonchev–Trinajstić information content (AvgIpc) is 2.77. The quantitative estimate of drug-likeness (QED) is 0.522. The van der Waals surface area contributed by atoms with Crippen LogP contribution in [0.4, 0.5) is 5.69 Å². The molecule has 2 aromatic carbocycles. The molecule has 2 aromatic rings. The second-order valence-corrected chi connectivity index (χ2v) is 7.80. The highest BCUT2D eigenvalue weighted by atomic mass is 32.2. The summed E-state index contributed by atoms with van der Waals surface area (Å²) < 4.78 is 41.8. The SMILES string of the molecule is C=Cc1c(OC)cc(OC)cc1OC.COc1ccc(C=S(=O)=O)cc1NC(C)(C)C(=O)O. The fourth-order valence-corrected chi connectivity index (χ4v) is 3.00. The number of aliphatic carboxylic acids is 1. The number of carboxylic acid groups (broad SMARTS) is 1. The molecular weight excluding hydrogens is 450 g/mol. The van der Waals surface area contributed by atoms with Gasteiger partial charge in [-0.2, -0.15) is 8.42 Å². The summed E-state index contributed by atoms with van der Waals surface area (Å²) >= 11 is 0. The number of anilines is 1. The van der Waals surface area contributed by atoms with Crippen molar-refractivity contribution in [1.82, 2.24) is 0 Å². The van der Waals surface area contributed by atoms with Crippen LogP contribution in [0.2, 0.25) is 0 Å². The molecule has 0 radical (unpaired) electrons. The first-order chi connectivity index (χ1) is 15.5. The normalized spacial score (nSPS) is 10.1. The van der Waals surface area contributed by atoms with Crippen LogP contribution in [-0.4, -0.2) is 58.8 Å². The fourth-order valence-electron chi connectivity index (χ4n) is 2.63. The van der Waals surface area contributed by atoms with Gasteiger partial charge in [-0.05, 0) is 31.5 Å². The molecule has 33 heavy (non-hydrogen) atoms. The average molecular weight is 480 g/mol. The zero-order valence-corrected chi connectivity index (χ0v) is 20.3. The van der Waals surface area contributed by atoms with Crippen LogP contribution in [0.3, 0.4) is 0 Å². The number of hydrogen-bond acceptors (Lipinski definition) is 8. The molecule has 0 atom stereocenters. The number of methoxy groups -OCH3 is 4. The predicted molar refractivity (Wildman–Crippen MR) is 129 cm³/mol. The van der Waals surface area contributed by atoms with Crippen molar-refractivity contribution >= 4 is 33.4 Å². The Bertz CT molecular complexity index is 1090. The maximum absolute atomic E-state index is 11.1. The molecule has 2 rings (SSSR count). The largest absolute Gasteiger partial charge is 0.496 e. The second kappa shape index (κ2) is 12.4. The molecule has 0 saturated heterocycles. The summed E-state index contributed by atoms with van der Waals surface area (Å²) in [5, 5.41) is 12.9. The van der Waals surface area contributed by atoms with Gasteiger partial charge in [0.2, 0.25) is 10.3 Å². The highest BCUT2D eigenvalue weighted by Gasteiger charge is 2.27. The van der Waals surface area contributed by atoms with Gasteiger partial charge in [-0.15, -0.1) is 0 Å². The van der Waals surface area contributed by atoms with Crippen LogP contribution < -0.4 is 24.3 Å². The lowest BCUT2D eigenvalue weighted by molar-refractivity contribution is -0.141. The third kappa shape index (κ3) is 7.76. The van der Waals surface area contributed by atoms with Crippen molar-refractivity contribution < 1.29 is 37.3 Å². The first-order valence-electron chi connectivity index (χ1n) is 9.57. The van der Waals surface area contributed by atoms with Gasteiger partial charge in [0.05, 0.1) is 45.1 Å². The Morgan fingerprint density at radius 2 is 1.52 bits per heavy atom. The van der Waals surface area contributed by atoms with E-state index in [0.717, 1.165) is 10.9 Å². The van der Waals surface area contributed by atoms with E-state index in [1.165, 1.54) is 27.0 Å². The van der Waals surface area contributed by atoms with Gasteiger partial charge in [0.15, 0.2) is 0 Å². The highest BCUT2D eigenvalue weighted by Crippen LogP contribution is 2.34. The molecule has 9 nitrogen and oxygen atoms in total. The summed E-state index contributed by atoms with van der Waals surface area (Å²) in [4.78, 5) is 11.1. The van der Waals surface area contributed by atoms with Gasteiger partial charge in [-0.25, -0.2) is 4.79 Å². The molecule has 0 aliphatic heterocycles. The van der Waals surface area contributed by atoms with Gasteiger partial charge in [0.1, 0.15) is 28.5 Å². The Balaban J connectivity index is 0.000000346. The van der Waals surface area contributed by atoms with Gasteiger partial charge >= 0.3 is 5.97 Å². The second-order valence-electron chi connectivity index (χ2n) is 7.04. The Hall–Kier alpha value is -3.66.